The van der Waals surface area contributed by atoms with E-state index in [2.05, 4.69) is 28.7 Å². The second kappa shape index (κ2) is 10.5. The molecular weight excluding hydrogens is 470 g/mol. The summed E-state index contributed by atoms with van der Waals surface area (Å²) in [6.45, 7) is 4.90. The molecule has 8 heteroatoms. The minimum absolute atomic E-state index is 0.108. The van der Waals surface area contributed by atoms with Gasteiger partial charge in [0.25, 0.3) is 0 Å². The van der Waals surface area contributed by atoms with Crippen LogP contribution < -0.4 is 4.74 Å². The van der Waals surface area contributed by atoms with E-state index in [0.717, 1.165) is 45.7 Å². The highest BCUT2D eigenvalue weighted by Crippen LogP contribution is 2.26. The molecule has 0 radical (unpaired) electrons. The van der Waals surface area contributed by atoms with E-state index >= 15 is 0 Å². The van der Waals surface area contributed by atoms with Crippen LogP contribution in [0.1, 0.15) is 27.3 Å². The number of nitrogens with zero attached hydrogens (tertiary/aromatic N) is 3. The number of carbonyl (C=O) groups is 1. The molecule has 2 aromatic carbocycles. The van der Waals surface area contributed by atoms with Gasteiger partial charge in [-0.25, -0.2) is 4.68 Å². The zero-order valence-electron chi connectivity index (χ0n) is 18.8. The van der Waals surface area contributed by atoms with Gasteiger partial charge in [0.1, 0.15) is 5.75 Å². The SMILES string of the molecule is COc1ccc(CCn2c(C)cc(C(=O)CSc3nn(-c4ccccc4)c(=S)s3)c2C)cc1. The number of Topliss-reactive ketones (excluding diaryl/α,β-unsaturated/α-hetero) is 1. The van der Waals surface area contributed by atoms with Gasteiger partial charge in [-0.1, -0.05) is 53.4 Å². The average molecular weight is 496 g/mol. The Labute approximate surface area is 207 Å². The van der Waals surface area contributed by atoms with Crippen molar-refractivity contribution in [1.29, 1.82) is 0 Å². The van der Waals surface area contributed by atoms with Crippen molar-refractivity contribution in [3.8, 4) is 11.4 Å². The van der Waals surface area contributed by atoms with E-state index < -0.39 is 0 Å². The van der Waals surface area contributed by atoms with Gasteiger partial charge < -0.3 is 9.30 Å². The molecule has 0 saturated carbocycles. The van der Waals surface area contributed by atoms with Crippen LogP contribution in [0.3, 0.4) is 0 Å². The molecule has 2 heterocycles. The third kappa shape index (κ3) is 5.46. The quantitative estimate of drug-likeness (QED) is 0.155. The fourth-order valence-electron chi connectivity index (χ4n) is 3.72. The van der Waals surface area contributed by atoms with Crippen LogP contribution in [-0.2, 0) is 13.0 Å². The lowest BCUT2D eigenvalue weighted by molar-refractivity contribution is 0.102. The Morgan fingerprint density at radius 2 is 1.85 bits per heavy atom. The molecule has 0 unspecified atom stereocenters. The Morgan fingerprint density at radius 3 is 2.55 bits per heavy atom. The maximum Gasteiger partial charge on any atom is 0.184 e. The predicted octanol–water partition coefficient (Wildman–Crippen LogP) is 6.31. The van der Waals surface area contributed by atoms with Gasteiger partial charge in [-0.3, -0.25) is 4.79 Å². The Bertz CT molecular complexity index is 1310. The topological polar surface area (TPSA) is 49.1 Å². The Morgan fingerprint density at radius 1 is 1.12 bits per heavy atom. The molecular formula is C25H25N3O2S3. The van der Waals surface area contributed by atoms with Gasteiger partial charge in [0, 0.05) is 23.5 Å². The lowest BCUT2D eigenvalue weighted by atomic mass is 10.1. The van der Waals surface area contributed by atoms with E-state index in [1.807, 2.05) is 55.5 Å². The maximum absolute atomic E-state index is 13.0. The lowest BCUT2D eigenvalue weighted by Gasteiger charge is -2.10. The summed E-state index contributed by atoms with van der Waals surface area (Å²) in [5.74, 6) is 1.30. The Hall–Kier alpha value is -2.68. The van der Waals surface area contributed by atoms with Crippen LogP contribution in [0.5, 0.6) is 5.75 Å². The van der Waals surface area contributed by atoms with E-state index in [9.17, 15) is 4.79 Å². The van der Waals surface area contributed by atoms with Crippen LogP contribution in [0.25, 0.3) is 5.69 Å². The van der Waals surface area contributed by atoms with Crippen molar-refractivity contribution < 1.29 is 9.53 Å². The average Bonchev–Trinajstić information content (AvgIpc) is 3.35. The summed E-state index contributed by atoms with van der Waals surface area (Å²) >= 11 is 8.33. The number of hydrogen-bond acceptors (Lipinski definition) is 6. The van der Waals surface area contributed by atoms with Gasteiger partial charge in [-0.2, -0.15) is 0 Å². The summed E-state index contributed by atoms with van der Waals surface area (Å²) in [5.41, 5.74) is 5.05. The van der Waals surface area contributed by atoms with Crippen LogP contribution in [0.2, 0.25) is 0 Å². The van der Waals surface area contributed by atoms with E-state index in [1.165, 1.54) is 28.7 Å². The molecule has 2 aromatic heterocycles. The largest absolute Gasteiger partial charge is 0.497 e. The van der Waals surface area contributed by atoms with Crippen LogP contribution in [0.15, 0.2) is 65.0 Å². The maximum atomic E-state index is 13.0. The van der Waals surface area contributed by atoms with E-state index in [-0.39, 0.29) is 5.78 Å². The molecule has 0 N–H and O–H groups in total. The van der Waals surface area contributed by atoms with Crippen LogP contribution in [0, 0.1) is 17.8 Å². The first-order valence-corrected chi connectivity index (χ1v) is 12.8. The standard InChI is InChI=1S/C25H25N3O2S3/c1-17-15-22(18(2)27(17)14-13-19-9-11-21(30-3)12-10-19)23(29)16-32-24-26-28(25(31)33-24)20-7-5-4-6-8-20/h4-12,15H,13-14,16H2,1-3H3. The van der Waals surface area contributed by atoms with Crippen molar-refractivity contribution >= 4 is 41.1 Å². The van der Waals surface area contributed by atoms with Gasteiger partial charge in [0.2, 0.25) is 0 Å². The smallest absolute Gasteiger partial charge is 0.184 e. The first-order chi connectivity index (χ1) is 16.0. The zero-order valence-corrected chi connectivity index (χ0v) is 21.2. The van der Waals surface area contributed by atoms with Gasteiger partial charge in [-0.15, -0.1) is 5.10 Å². The molecule has 33 heavy (non-hydrogen) atoms. The number of thioether (sulfide) groups is 1. The third-order valence-electron chi connectivity index (χ3n) is 5.51. The predicted molar refractivity (Wildman–Crippen MR) is 138 cm³/mol. The summed E-state index contributed by atoms with van der Waals surface area (Å²) in [7, 11) is 1.67. The second-order valence-electron chi connectivity index (χ2n) is 7.63. The minimum atomic E-state index is 0.108. The summed E-state index contributed by atoms with van der Waals surface area (Å²) in [5, 5.41) is 4.59. The summed E-state index contributed by atoms with van der Waals surface area (Å²) in [6.07, 6.45) is 0.892. The highest BCUT2D eigenvalue weighted by Gasteiger charge is 2.17. The normalized spacial score (nSPS) is 11.0. The molecule has 0 aliphatic heterocycles. The Balaban J connectivity index is 1.41. The fraction of sp³-hybridized carbons (Fsp3) is 0.240. The number of ether oxygens (including phenoxy) is 1. The van der Waals surface area contributed by atoms with Crippen molar-refractivity contribution in [2.75, 3.05) is 12.9 Å². The van der Waals surface area contributed by atoms with Crippen molar-refractivity contribution in [3.63, 3.8) is 0 Å². The van der Waals surface area contributed by atoms with Gasteiger partial charge in [0.15, 0.2) is 14.1 Å². The summed E-state index contributed by atoms with van der Waals surface area (Å²) < 4.78 is 10.7. The number of para-hydroxylation sites is 1. The molecule has 0 aliphatic rings. The lowest BCUT2D eigenvalue weighted by Crippen LogP contribution is -2.08. The molecule has 0 fully saturated rings. The van der Waals surface area contributed by atoms with E-state index in [1.54, 1.807) is 11.8 Å². The van der Waals surface area contributed by atoms with Crippen LogP contribution in [-0.4, -0.2) is 33.0 Å². The number of carbonyl (C=O) groups excluding carboxylic acids is 1. The van der Waals surface area contributed by atoms with Crippen LogP contribution in [0.4, 0.5) is 0 Å². The first-order valence-electron chi connectivity index (χ1n) is 10.6. The summed E-state index contributed by atoms with van der Waals surface area (Å²) in [4.78, 5) is 13.0. The highest BCUT2D eigenvalue weighted by atomic mass is 32.2. The molecule has 170 valence electrons. The van der Waals surface area contributed by atoms with Crippen molar-refractivity contribution in [2.24, 2.45) is 0 Å². The van der Waals surface area contributed by atoms with Crippen molar-refractivity contribution in [3.05, 3.63) is 87.1 Å². The molecule has 0 saturated heterocycles. The molecule has 0 amide bonds. The van der Waals surface area contributed by atoms with Crippen LogP contribution >= 0.6 is 35.3 Å². The third-order valence-corrected chi connectivity index (χ3v) is 7.88. The van der Waals surface area contributed by atoms with Gasteiger partial charge in [-0.05, 0) is 68.4 Å². The number of aryl methyl sites for hydroxylation is 2. The number of benzene rings is 2. The van der Waals surface area contributed by atoms with Gasteiger partial charge >= 0.3 is 0 Å². The Kier molecular flexibility index (Phi) is 7.47. The molecule has 4 rings (SSSR count). The number of ketones is 1. The van der Waals surface area contributed by atoms with E-state index in [0.29, 0.717) is 9.71 Å². The molecule has 5 nitrogen and oxygen atoms in total. The monoisotopic (exact) mass is 495 g/mol. The van der Waals surface area contributed by atoms with Gasteiger partial charge in [0.05, 0.1) is 18.6 Å². The second-order valence-corrected chi connectivity index (χ2v) is 10.5. The number of aromatic nitrogens is 3. The highest BCUT2D eigenvalue weighted by molar-refractivity contribution is 8.01. The number of rotatable bonds is 9. The minimum Gasteiger partial charge on any atom is -0.497 e. The van der Waals surface area contributed by atoms with Crippen molar-refractivity contribution in [1.82, 2.24) is 14.3 Å². The first kappa shape index (κ1) is 23.5. The van der Waals surface area contributed by atoms with E-state index in [4.69, 9.17) is 17.0 Å². The molecule has 0 spiro atoms. The van der Waals surface area contributed by atoms with Crippen molar-refractivity contribution in [2.45, 2.75) is 31.2 Å². The molecule has 0 bridgehead atoms. The zero-order chi connectivity index (χ0) is 23.4. The molecule has 0 atom stereocenters. The number of methoxy groups -OCH3 is 1. The molecule has 0 aliphatic carbocycles. The summed E-state index contributed by atoms with van der Waals surface area (Å²) in [6, 6.07) is 19.9. The molecule has 4 aromatic rings. The number of hydrogen-bond donors (Lipinski definition) is 0. The fourth-order valence-corrected chi connectivity index (χ4v) is 5.96.